The van der Waals surface area contributed by atoms with Gasteiger partial charge in [-0.15, -0.1) is 0 Å². The monoisotopic (exact) mass is 264 g/mol. The Morgan fingerprint density at radius 2 is 1.68 bits per heavy atom. The lowest BCUT2D eigenvalue weighted by molar-refractivity contribution is -0.130. The highest BCUT2D eigenvalue weighted by Crippen LogP contribution is 2.28. The molecule has 1 unspecified atom stereocenters. The van der Waals surface area contributed by atoms with Gasteiger partial charge in [0.05, 0.1) is 6.26 Å². The highest BCUT2D eigenvalue weighted by Gasteiger charge is 2.43. The van der Waals surface area contributed by atoms with Crippen molar-refractivity contribution in [2.75, 3.05) is 39.3 Å². The molecular formula is C15H24N2O2. The molecule has 0 aromatic heterocycles. The van der Waals surface area contributed by atoms with Gasteiger partial charge in [0.1, 0.15) is 0 Å². The van der Waals surface area contributed by atoms with Gasteiger partial charge in [0.2, 0.25) is 5.78 Å². The first-order valence-corrected chi connectivity index (χ1v) is 7.54. The fourth-order valence-electron chi connectivity index (χ4n) is 3.42. The van der Waals surface area contributed by atoms with Crippen molar-refractivity contribution in [1.82, 2.24) is 9.80 Å². The van der Waals surface area contributed by atoms with Gasteiger partial charge in [0.25, 0.3) is 0 Å². The minimum atomic E-state index is -0.639. The molecule has 0 aliphatic carbocycles. The zero-order chi connectivity index (χ0) is 13.3. The second-order valence-electron chi connectivity index (χ2n) is 6.29. The zero-order valence-corrected chi connectivity index (χ0v) is 11.9. The first-order valence-electron chi connectivity index (χ1n) is 7.54. The van der Waals surface area contributed by atoms with Crippen LogP contribution in [0.5, 0.6) is 0 Å². The van der Waals surface area contributed by atoms with Crippen molar-refractivity contribution in [3.8, 4) is 0 Å². The molecule has 0 bridgehead atoms. The van der Waals surface area contributed by atoms with Crippen LogP contribution in [0.3, 0.4) is 0 Å². The highest BCUT2D eigenvalue weighted by molar-refractivity contribution is 6.03. The van der Waals surface area contributed by atoms with Crippen LogP contribution >= 0.6 is 0 Å². The molecular weight excluding hydrogens is 240 g/mol. The molecule has 0 aromatic rings. The van der Waals surface area contributed by atoms with E-state index >= 15 is 0 Å². The van der Waals surface area contributed by atoms with Crippen LogP contribution in [0.1, 0.15) is 32.6 Å². The normalized spacial score (nSPS) is 32.9. The lowest BCUT2D eigenvalue weighted by atomic mass is 9.96. The smallest absolute Gasteiger partial charge is 0.207 e. The van der Waals surface area contributed by atoms with Crippen LogP contribution in [0.15, 0.2) is 11.8 Å². The molecule has 0 amide bonds. The van der Waals surface area contributed by atoms with Gasteiger partial charge in [-0.3, -0.25) is 14.6 Å². The van der Waals surface area contributed by atoms with Crippen LogP contribution in [0.25, 0.3) is 0 Å². The van der Waals surface area contributed by atoms with E-state index in [4.69, 9.17) is 4.74 Å². The Hall–Kier alpha value is -0.870. The maximum absolute atomic E-state index is 12.6. The Morgan fingerprint density at radius 3 is 2.32 bits per heavy atom. The number of carbonyl (C=O) groups is 1. The van der Waals surface area contributed by atoms with Crippen LogP contribution < -0.4 is 0 Å². The summed E-state index contributed by atoms with van der Waals surface area (Å²) >= 11 is 0. The van der Waals surface area contributed by atoms with E-state index in [1.54, 1.807) is 6.26 Å². The fourth-order valence-corrected chi connectivity index (χ4v) is 3.42. The average Bonchev–Trinajstić information content (AvgIpc) is 3.10. The summed E-state index contributed by atoms with van der Waals surface area (Å²) in [5.74, 6) is 0.200. The molecule has 2 saturated heterocycles. The van der Waals surface area contributed by atoms with Gasteiger partial charge in [-0.25, -0.2) is 0 Å². The predicted molar refractivity (Wildman–Crippen MR) is 73.9 cm³/mol. The minimum Gasteiger partial charge on any atom is -0.485 e. The summed E-state index contributed by atoms with van der Waals surface area (Å²) in [6, 6.07) is 0. The number of nitrogens with zero attached hydrogens (tertiary/aromatic N) is 2. The number of ketones is 1. The van der Waals surface area contributed by atoms with Crippen LogP contribution in [-0.2, 0) is 9.53 Å². The van der Waals surface area contributed by atoms with Crippen molar-refractivity contribution in [3.05, 3.63) is 11.8 Å². The van der Waals surface area contributed by atoms with Crippen LogP contribution in [0, 0.1) is 0 Å². The van der Waals surface area contributed by atoms with E-state index in [0.717, 1.165) is 44.8 Å². The molecule has 3 heterocycles. The van der Waals surface area contributed by atoms with Crippen molar-refractivity contribution in [2.24, 2.45) is 0 Å². The summed E-state index contributed by atoms with van der Waals surface area (Å²) in [6.45, 7) is 7.91. The maximum Gasteiger partial charge on any atom is 0.207 e. The molecule has 106 valence electrons. The number of rotatable bonds is 4. The summed E-state index contributed by atoms with van der Waals surface area (Å²) < 4.78 is 5.76. The van der Waals surface area contributed by atoms with Crippen LogP contribution in [0.4, 0.5) is 0 Å². The summed E-state index contributed by atoms with van der Waals surface area (Å²) in [7, 11) is 0. The van der Waals surface area contributed by atoms with Crippen LogP contribution in [-0.4, -0.2) is 60.5 Å². The van der Waals surface area contributed by atoms with E-state index in [9.17, 15) is 4.79 Å². The average molecular weight is 264 g/mol. The molecule has 3 rings (SSSR count). The third-order valence-electron chi connectivity index (χ3n) is 4.55. The largest absolute Gasteiger partial charge is 0.485 e. The van der Waals surface area contributed by atoms with E-state index in [2.05, 4.69) is 9.80 Å². The molecule has 1 atom stereocenters. The summed E-state index contributed by atoms with van der Waals surface area (Å²) in [6.07, 6.45) is 6.73. The van der Waals surface area contributed by atoms with Gasteiger partial charge < -0.3 is 4.74 Å². The Morgan fingerprint density at radius 1 is 1.11 bits per heavy atom. The van der Waals surface area contributed by atoms with E-state index < -0.39 is 5.60 Å². The van der Waals surface area contributed by atoms with Crippen molar-refractivity contribution >= 4 is 5.78 Å². The third-order valence-corrected chi connectivity index (χ3v) is 4.55. The van der Waals surface area contributed by atoms with Gasteiger partial charge in [-0.05, 0) is 58.8 Å². The molecule has 0 aromatic carbocycles. The molecule has 2 fully saturated rings. The Kier molecular flexibility index (Phi) is 3.63. The van der Waals surface area contributed by atoms with Gasteiger partial charge in [-0.2, -0.15) is 0 Å². The van der Waals surface area contributed by atoms with Crippen molar-refractivity contribution in [3.63, 3.8) is 0 Å². The second-order valence-corrected chi connectivity index (χ2v) is 6.29. The van der Waals surface area contributed by atoms with Gasteiger partial charge in [0, 0.05) is 18.7 Å². The quantitative estimate of drug-likeness (QED) is 0.769. The molecule has 3 aliphatic rings. The van der Waals surface area contributed by atoms with Crippen molar-refractivity contribution in [1.29, 1.82) is 0 Å². The van der Waals surface area contributed by atoms with Crippen molar-refractivity contribution in [2.45, 2.75) is 38.2 Å². The fraction of sp³-hybridized carbons (Fsp3) is 0.800. The Balaban J connectivity index is 1.58. The standard InChI is InChI=1S/C15H24N2O2/c1-15(12-17-8-4-5-9-17)14(18)13(11-19-15)10-16-6-2-3-7-16/h11H,2-10,12H2,1H3. The summed E-state index contributed by atoms with van der Waals surface area (Å²) in [4.78, 5) is 17.3. The number of hydrogen-bond donors (Lipinski definition) is 0. The molecule has 0 N–H and O–H groups in total. The molecule has 0 spiro atoms. The topological polar surface area (TPSA) is 32.8 Å². The number of likely N-dealkylation sites (tertiary alicyclic amines) is 2. The molecule has 4 nitrogen and oxygen atoms in total. The molecule has 19 heavy (non-hydrogen) atoms. The first-order chi connectivity index (χ1) is 9.17. The number of Topliss-reactive ketones (excluding diaryl/α,β-unsaturated/α-hetero) is 1. The molecule has 0 radical (unpaired) electrons. The number of ether oxygens (including phenoxy) is 1. The third kappa shape index (κ3) is 2.70. The Bertz CT molecular complexity index is 382. The van der Waals surface area contributed by atoms with Crippen LogP contribution in [0.2, 0.25) is 0 Å². The van der Waals surface area contributed by atoms with E-state index in [0.29, 0.717) is 0 Å². The Labute approximate surface area is 115 Å². The van der Waals surface area contributed by atoms with Gasteiger partial charge >= 0.3 is 0 Å². The van der Waals surface area contributed by atoms with E-state index in [-0.39, 0.29) is 5.78 Å². The lowest BCUT2D eigenvalue weighted by Crippen LogP contribution is -2.45. The van der Waals surface area contributed by atoms with Gasteiger partial charge in [-0.1, -0.05) is 0 Å². The number of carbonyl (C=O) groups excluding carboxylic acids is 1. The molecule has 4 heteroatoms. The predicted octanol–water partition coefficient (Wildman–Crippen LogP) is 1.42. The first kappa shape index (κ1) is 13.1. The summed E-state index contributed by atoms with van der Waals surface area (Å²) in [5, 5.41) is 0. The minimum absolute atomic E-state index is 0.200. The lowest BCUT2D eigenvalue weighted by Gasteiger charge is -2.28. The maximum atomic E-state index is 12.6. The highest BCUT2D eigenvalue weighted by atomic mass is 16.5. The molecule has 3 aliphatic heterocycles. The van der Waals surface area contributed by atoms with Crippen molar-refractivity contribution < 1.29 is 9.53 Å². The van der Waals surface area contributed by atoms with E-state index in [1.807, 2.05) is 6.92 Å². The molecule has 0 saturated carbocycles. The summed E-state index contributed by atoms with van der Waals surface area (Å²) in [5.41, 5.74) is 0.225. The zero-order valence-electron chi connectivity index (χ0n) is 11.9. The van der Waals surface area contributed by atoms with E-state index in [1.165, 1.54) is 25.7 Å². The van der Waals surface area contributed by atoms with Gasteiger partial charge in [0.15, 0.2) is 5.60 Å². The second kappa shape index (κ2) is 5.25. The SMILES string of the molecule is CC1(CN2CCCC2)OC=C(CN2CCCC2)C1=O. The number of hydrogen-bond acceptors (Lipinski definition) is 4.